The number of Topliss-reactive ketones (excluding diaryl/α,β-unsaturated/α-hetero) is 1. The first-order valence-corrected chi connectivity index (χ1v) is 5.87. The van der Waals surface area contributed by atoms with Gasteiger partial charge in [-0.25, -0.2) is 4.79 Å². The van der Waals surface area contributed by atoms with E-state index in [9.17, 15) is 9.59 Å². The number of ether oxygens (including phenoxy) is 2. The maximum absolute atomic E-state index is 11.4. The van der Waals surface area contributed by atoms with Gasteiger partial charge in [-0.15, -0.1) is 0 Å². The molecule has 0 saturated carbocycles. The Hall–Kier alpha value is -2.76. The summed E-state index contributed by atoms with van der Waals surface area (Å²) in [6, 6.07) is 6.23. The Bertz CT molecular complexity index is 685. The number of carbonyl (C=O) groups is 2. The molecule has 2 aromatic rings. The summed E-state index contributed by atoms with van der Waals surface area (Å²) < 4.78 is 15.7. The molecule has 102 valence electrons. The molecule has 1 aromatic heterocycles. The molecular weight excluding hydrogens is 264 g/mol. The standard InChI is InChI=1S/C14H10O6/c15-11-6-20-12-5-8(1-2-9(11)12)19-7-13-10(14(16)17)3-4-18-13/h1-5H,6-7H2,(H,16,17). The van der Waals surface area contributed by atoms with Gasteiger partial charge in [0.25, 0.3) is 0 Å². The number of carboxylic acids is 1. The predicted molar refractivity (Wildman–Crippen MR) is 66.3 cm³/mol. The summed E-state index contributed by atoms with van der Waals surface area (Å²) in [6.45, 7) is 0.0293. The quantitative estimate of drug-likeness (QED) is 0.919. The Morgan fingerprint density at radius 1 is 1.35 bits per heavy atom. The molecule has 0 spiro atoms. The zero-order valence-corrected chi connectivity index (χ0v) is 10.3. The molecule has 1 aliphatic heterocycles. The van der Waals surface area contributed by atoms with E-state index in [2.05, 4.69) is 0 Å². The van der Waals surface area contributed by atoms with E-state index in [4.69, 9.17) is 19.0 Å². The van der Waals surface area contributed by atoms with Crippen molar-refractivity contribution in [3.05, 3.63) is 47.4 Å². The molecule has 0 unspecified atom stereocenters. The van der Waals surface area contributed by atoms with E-state index in [1.54, 1.807) is 18.2 Å². The number of aromatic carboxylic acids is 1. The van der Waals surface area contributed by atoms with Crippen molar-refractivity contribution in [3.63, 3.8) is 0 Å². The number of fused-ring (bicyclic) bond motifs is 1. The summed E-state index contributed by atoms with van der Waals surface area (Å²) in [7, 11) is 0. The van der Waals surface area contributed by atoms with Gasteiger partial charge in [0.1, 0.15) is 23.7 Å². The number of furan rings is 1. The van der Waals surface area contributed by atoms with Crippen LogP contribution in [0.25, 0.3) is 0 Å². The highest BCUT2D eigenvalue weighted by Gasteiger charge is 2.21. The summed E-state index contributed by atoms with van der Waals surface area (Å²) in [5, 5.41) is 8.93. The molecule has 20 heavy (non-hydrogen) atoms. The van der Waals surface area contributed by atoms with Gasteiger partial charge in [-0.05, 0) is 18.2 Å². The minimum absolute atomic E-state index is 0.0125. The first kappa shape index (κ1) is 12.3. The number of ketones is 1. The average Bonchev–Trinajstić information content (AvgIpc) is 3.03. The minimum Gasteiger partial charge on any atom is -0.485 e. The van der Waals surface area contributed by atoms with Gasteiger partial charge in [-0.2, -0.15) is 0 Å². The van der Waals surface area contributed by atoms with Crippen LogP contribution < -0.4 is 9.47 Å². The average molecular weight is 274 g/mol. The van der Waals surface area contributed by atoms with Crippen LogP contribution in [-0.4, -0.2) is 23.5 Å². The fourth-order valence-electron chi connectivity index (χ4n) is 1.96. The molecule has 0 fully saturated rings. The van der Waals surface area contributed by atoms with Crippen LogP contribution in [0, 0.1) is 0 Å². The Kier molecular flexibility index (Phi) is 2.90. The molecule has 0 radical (unpaired) electrons. The van der Waals surface area contributed by atoms with Gasteiger partial charge in [0, 0.05) is 6.07 Å². The van der Waals surface area contributed by atoms with Crippen molar-refractivity contribution in [2.75, 3.05) is 6.61 Å². The zero-order valence-electron chi connectivity index (χ0n) is 10.3. The second-order valence-electron chi connectivity index (χ2n) is 4.22. The maximum Gasteiger partial charge on any atom is 0.339 e. The van der Waals surface area contributed by atoms with Crippen LogP contribution >= 0.6 is 0 Å². The molecule has 0 aliphatic carbocycles. The topological polar surface area (TPSA) is 86.0 Å². The summed E-state index contributed by atoms with van der Waals surface area (Å²) in [5.41, 5.74) is 0.596. The summed E-state index contributed by atoms with van der Waals surface area (Å²) in [6.07, 6.45) is 1.30. The van der Waals surface area contributed by atoms with E-state index in [0.29, 0.717) is 17.1 Å². The molecule has 1 aliphatic rings. The van der Waals surface area contributed by atoms with Crippen molar-refractivity contribution >= 4 is 11.8 Å². The van der Waals surface area contributed by atoms with Gasteiger partial charge in [-0.1, -0.05) is 0 Å². The van der Waals surface area contributed by atoms with Crippen LogP contribution in [0.4, 0.5) is 0 Å². The highest BCUT2D eigenvalue weighted by atomic mass is 16.5. The van der Waals surface area contributed by atoms with E-state index in [-0.39, 0.29) is 30.3 Å². The SMILES string of the molecule is O=C1COc2cc(OCc3occc3C(=O)O)ccc21. The lowest BCUT2D eigenvalue weighted by Gasteiger charge is -2.06. The molecule has 0 atom stereocenters. The largest absolute Gasteiger partial charge is 0.485 e. The molecule has 0 saturated heterocycles. The minimum atomic E-state index is -1.07. The third kappa shape index (κ3) is 2.11. The number of rotatable bonds is 4. The second kappa shape index (κ2) is 4.73. The molecule has 0 amide bonds. The van der Waals surface area contributed by atoms with Crippen molar-refractivity contribution in [1.82, 2.24) is 0 Å². The summed E-state index contributed by atoms with van der Waals surface area (Å²) >= 11 is 0. The van der Waals surface area contributed by atoms with E-state index in [1.165, 1.54) is 12.3 Å². The first-order valence-electron chi connectivity index (χ1n) is 5.87. The van der Waals surface area contributed by atoms with E-state index >= 15 is 0 Å². The molecule has 0 bridgehead atoms. The van der Waals surface area contributed by atoms with Crippen LogP contribution in [-0.2, 0) is 6.61 Å². The third-order valence-electron chi connectivity index (χ3n) is 2.96. The smallest absolute Gasteiger partial charge is 0.339 e. The van der Waals surface area contributed by atoms with E-state index in [0.717, 1.165) is 0 Å². The molecule has 6 nitrogen and oxygen atoms in total. The molecule has 3 rings (SSSR count). The first-order chi connectivity index (χ1) is 9.65. The maximum atomic E-state index is 11.4. The van der Waals surface area contributed by atoms with Gasteiger partial charge in [-0.3, -0.25) is 4.79 Å². The lowest BCUT2D eigenvalue weighted by atomic mass is 10.1. The van der Waals surface area contributed by atoms with Crippen LogP contribution in [0.5, 0.6) is 11.5 Å². The highest BCUT2D eigenvalue weighted by molar-refractivity contribution is 6.02. The van der Waals surface area contributed by atoms with Crippen molar-refractivity contribution in [1.29, 1.82) is 0 Å². The molecule has 1 aromatic carbocycles. The highest BCUT2D eigenvalue weighted by Crippen LogP contribution is 2.30. The Morgan fingerprint density at radius 3 is 3.00 bits per heavy atom. The van der Waals surface area contributed by atoms with Gasteiger partial charge in [0.15, 0.2) is 12.4 Å². The number of carbonyl (C=O) groups excluding carboxylic acids is 1. The number of hydrogen-bond donors (Lipinski definition) is 1. The van der Waals surface area contributed by atoms with E-state index in [1.807, 2.05) is 0 Å². The summed E-state index contributed by atoms with van der Waals surface area (Å²) in [4.78, 5) is 22.3. The Labute approximate surface area is 113 Å². The monoisotopic (exact) mass is 274 g/mol. The van der Waals surface area contributed by atoms with Crippen molar-refractivity contribution in [2.45, 2.75) is 6.61 Å². The lowest BCUT2D eigenvalue weighted by Crippen LogP contribution is -2.02. The predicted octanol–water partition coefficient (Wildman–Crippen LogP) is 2.13. The summed E-state index contributed by atoms with van der Waals surface area (Å²) in [5.74, 6) is 0.0533. The molecule has 6 heteroatoms. The van der Waals surface area contributed by atoms with E-state index < -0.39 is 5.97 Å². The molecular formula is C14H10O6. The fraction of sp³-hybridized carbons (Fsp3) is 0.143. The van der Waals surface area contributed by atoms with Crippen LogP contribution in [0.15, 0.2) is 34.9 Å². The number of carboxylic acid groups (broad SMARTS) is 1. The van der Waals surface area contributed by atoms with Gasteiger partial charge in [0.2, 0.25) is 5.78 Å². The zero-order chi connectivity index (χ0) is 14.1. The Balaban J connectivity index is 1.74. The number of hydrogen-bond acceptors (Lipinski definition) is 5. The van der Waals surface area contributed by atoms with Crippen LogP contribution in [0.3, 0.4) is 0 Å². The fourth-order valence-corrected chi connectivity index (χ4v) is 1.96. The third-order valence-corrected chi connectivity index (χ3v) is 2.96. The van der Waals surface area contributed by atoms with Crippen molar-refractivity contribution in [2.24, 2.45) is 0 Å². The van der Waals surface area contributed by atoms with Crippen LogP contribution in [0.2, 0.25) is 0 Å². The second-order valence-corrected chi connectivity index (χ2v) is 4.22. The lowest BCUT2D eigenvalue weighted by molar-refractivity contribution is 0.0691. The van der Waals surface area contributed by atoms with Gasteiger partial charge >= 0.3 is 5.97 Å². The van der Waals surface area contributed by atoms with Crippen LogP contribution in [0.1, 0.15) is 26.5 Å². The van der Waals surface area contributed by atoms with Crippen molar-refractivity contribution in [3.8, 4) is 11.5 Å². The Morgan fingerprint density at radius 2 is 2.20 bits per heavy atom. The molecule has 2 heterocycles. The van der Waals surface area contributed by atoms with Crippen molar-refractivity contribution < 1.29 is 28.6 Å². The molecule has 1 N–H and O–H groups in total. The normalized spacial score (nSPS) is 12.9. The van der Waals surface area contributed by atoms with Gasteiger partial charge in [0.05, 0.1) is 11.8 Å². The van der Waals surface area contributed by atoms with Gasteiger partial charge < -0.3 is 19.0 Å². The number of benzene rings is 1.